The van der Waals surface area contributed by atoms with Crippen molar-refractivity contribution in [3.8, 4) is 0 Å². The Balaban J connectivity index is 2.52. The quantitative estimate of drug-likeness (QED) is 0.600. The Kier molecular flexibility index (Phi) is 8.55. The van der Waals surface area contributed by atoms with Crippen LogP contribution >= 0.6 is 23.2 Å². The number of nitrogens with one attached hydrogen (secondary N) is 1. The molecule has 9 heteroatoms. The van der Waals surface area contributed by atoms with Crippen LogP contribution in [0, 0.1) is 5.92 Å². The summed E-state index contributed by atoms with van der Waals surface area (Å²) in [5.41, 5.74) is 5.42. The fourth-order valence-electron chi connectivity index (χ4n) is 3.07. The number of nitrogens with two attached hydrogens (primary N) is 1. The predicted molar refractivity (Wildman–Crippen MR) is 123 cm³/mol. The Bertz CT molecular complexity index is 994. The summed E-state index contributed by atoms with van der Waals surface area (Å²) in [6.45, 7) is 6.65. The largest absolute Gasteiger partial charge is 0.383 e. The molecule has 0 saturated heterocycles. The number of hydrogen-bond donors (Lipinski definition) is 2. The lowest BCUT2D eigenvalue weighted by atomic mass is 10.1. The zero-order chi connectivity index (χ0) is 22.4. The second-order valence-electron chi connectivity index (χ2n) is 7.60. The SMILES string of the molecule is CCCCn1c(N)c(N(CCC(C)C)C(=O)Cc2c(Cl)cccc2Cl)c(=O)[nH]c1=O. The molecule has 2 aromatic rings. The molecule has 1 aromatic carbocycles. The molecule has 1 heterocycles. The van der Waals surface area contributed by atoms with Gasteiger partial charge in [0.25, 0.3) is 5.56 Å². The summed E-state index contributed by atoms with van der Waals surface area (Å²) in [5.74, 6) is -0.0985. The van der Waals surface area contributed by atoms with Gasteiger partial charge in [-0.25, -0.2) is 4.79 Å². The van der Waals surface area contributed by atoms with Gasteiger partial charge in [0.15, 0.2) is 5.69 Å². The zero-order valence-electron chi connectivity index (χ0n) is 17.5. The number of amides is 1. The molecule has 0 unspecified atom stereocenters. The van der Waals surface area contributed by atoms with E-state index < -0.39 is 11.2 Å². The molecule has 3 N–H and O–H groups in total. The van der Waals surface area contributed by atoms with E-state index in [-0.39, 0.29) is 36.3 Å². The molecule has 0 spiro atoms. The summed E-state index contributed by atoms with van der Waals surface area (Å²) in [6, 6.07) is 5.00. The van der Waals surface area contributed by atoms with Gasteiger partial charge < -0.3 is 10.6 Å². The number of rotatable bonds is 9. The summed E-state index contributed by atoms with van der Waals surface area (Å²) in [6.07, 6.45) is 2.12. The van der Waals surface area contributed by atoms with Crippen molar-refractivity contribution in [2.45, 2.75) is 53.0 Å². The van der Waals surface area contributed by atoms with E-state index in [1.807, 2.05) is 20.8 Å². The van der Waals surface area contributed by atoms with Crippen LogP contribution in [0.3, 0.4) is 0 Å². The molecule has 30 heavy (non-hydrogen) atoms. The van der Waals surface area contributed by atoms with E-state index in [0.717, 1.165) is 6.42 Å². The average Bonchev–Trinajstić information content (AvgIpc) is 2.66. The van der Waals surface area contributed by atoms with Gasteiger partial charge >= 0.3 is 5.69 Å². The van der Waals surface area contributed by atoms with E-state index in [2.05, 4.69) is 4.98 Å². The van der Waals surface area contributed by atoms with Crippen LogP contribution in [0.2, 0.25) is 10.0 Å². The number of unbranched alkanes of at least 4 members (excludes halogenated alkanes) is 1. The van der Waals surface area contributed by atoms with Crippen LogP contribution in [0.15, 0.2) is 27.8 Å². The number of nitrogens with zero attached hydrogens (tertiary/aromatic N) is 2. The maximum Gasteiger partial charge on any atom is 0.330 e. The highest BCUT2D eigenvalue weighted by Gasteiger charge is 2.25. The first kappa shape index (κ1) is 24.0. The van der Waals surface area contributed by atoms with Gasteiger partial charge in [-0.15, -0.1) is 0 Å². The van der Waals surface area contributed by atoms with Crippen LogP contribution in [0.25, 0.3) is 0 Å². The molecule has 0 saturated carbocycles. The third-order valence-corrected chi connectivity index (χ3v) is 5.55. The lowest BCUT2D eigenvalue weighted by Crippen LogP contribution is -2.42. The van der Waals surface area contributed by atoms with Crippen LogP contribution < -0.4 is 21.9 Å². The third-order valence-electron chi connectivity index (χ3n) is 4.84. The highest BCUT2D eigenvalue weighted by Crippen LogP contribution is 2.27. The van der Waals surface area contributed by atoms with Crippen molar-refractivity contribution in [1.29, 1.82) is 0 Å². The number of nitrogen functional groups attached to an aromatic ring is 1. The lowest BCUT2D eigenvalue weighted by molar-refractivity contribution is -0.118. The Morgan fingerprint density at radius 3 is 2.43 bits per heavy atom. The van der Waals surface area contributed by atoms with Crippen molar-refractivity contribution in [3.63, 3.8) is 0 Å². The minimum absolute atomic E-state index is 0.0143. The molecule has 0 atom stereocenters. The Hall–Kier alpha value is -2.25. The fraction of sp³-hybridized carbons (Fsp3) is 0.476. The van der Waals surface area contributed by atoms with Crippen molar-refractivity contribution in [2.24, 2.45) is 5.92 Å². The summed E-state index contributed by atoms with van der Waals surface area (Å²) in [4.78, 5) is 41.8. The molecular weight excluding hydrogens is 427 g/mol. The molecule has 0 aliphatic carbocycles. The van der Waals surface area contributed by atoms with Crippen molar-refractivity contribution in [2.75, 3.05) is 17.2 Å². The monoisotopic (exact) mass is 454 g/mol. The molecule has 164 valence electrons. The highest BCUT2D eigenvalue weighted by atomic mass is 35.5. The maximum absolute atomic E-state index is 13.3. The molecule has 0 bridgehead atoms. The van der Waals surface area contributed by atoms with E-state index in [4.69, 9.17) is 28.9 Å². The van der Waals surface area contributed by atoms with E-state index in [9.17, 15) is 14.4 Å². The molecule has 2 rings (SSSR count). The molecular formula is C21H28Cl2N4O3. The molecule has 7 nitrogen and oxygen atoms in total. The summed E-state index contributed by atoms with van der Waals surface area (Å²) >= 11 is 12.4. The first-order chi connectivity index (χ1) is 14.2. The van der Waals surface area contributed by atoms with Crippen molar-refractivity contribution in [3.05, 3.63) is 54.6 Å². The Labute approximate surface area is 185 Å². The third kappa shape index (κ3) is 5.67. The van der Waals surface area contributed by atoms with Crippen molar-refractivity contribution < 1.29 is 4.79 Å². The van der Waals surface area contributed by atoms with Crippen molar-refractivity contribution >= 4 is 40.6 Å². The van der Waals surface area contributed by atoms with Gasteiger partial charge in [-0.05, 0) is 36.5 Å². The smallest absolute Gasteiger partial charge is 0.330 e. The highest BCUT2D eigenvalue weighted by molar-refractivity contribution is 6.36. The number of carbonyl (C=O) groups is 1. The van der Waals surface area contributed by atoms with E-state index in [1.165, 1.54) is 9.47 Å². The van der Waals surface area contributed by atoms with E-state index >= 15 is 0 Å². The molecule has 1 aromatic heterocycles. The van der Waals surface area contributed by atoms with Crippen molar-refractivity contribution in [1.82, 2.24) is 9.55 Å². The number of benzene rings is 1. The van der Waals surface area contributed by atoms with E-state index in [1.54, 1.807) is 18.2 Å². The van der Waals surface area contributed by atoms with Crippen LogP contribution in [-0.4, -0.2) is 22.0 Å². The maximum atomic E-state index is 13.3. The van der Waals surface area contributed by atoms with Crippen LogP contribution in [0.5, 0.6) is 0 Å². The Morgan fingerprint density at radius 1 is 1.23 bits per heavy atom. The molecule has 0 fully saturated rings. The van der Waals surface area contributed by atoms with Gasteiger partial charge in [0.05, 0.1) is 6.42 Å². The van der Waals surface area contributed by atoms with Crippen LogP contribution in [-0.2, 0) is 17.8 Å². The Morgan fingerprint density at radius 2 is 1.87 bits per heavy atom. The zero-order valence-corrected chi connectivity index (χ0v) is 19.0. The number of anilines is 2. The van der Waals surface area contributed by atoms with Gasteiger partial charge in [0, 0.05) is 23.1 Å². The van der Waals surface area contributed by atoms with E-state index in [0.29, 0.717) is 35.0 Å². The van der Waals surface area contributed by atoms with Gasteiger partial charge in [-0.2, -0.15) is 0 Å². The first-order valence-electron chi connectivity index (χ1n) is 10.0. The molecule has 0 aliphatic heterocycles. The predicted octanol–water partition coefficient (Wildman–Crippen LogP) is 3.85. The van der Waals surface area contributed by atoms with Gasteiger partial charge in [-0.1, -0.05) is 56.5 Å². The molecule has 0 radical (unpaired) electrons. The normalized spacial score (nSPS) is 11.1. The number of H-pyrrole nitrogens is 1. The minimum Gasteiger partial charge on any atom is -0.383 e. The summed E-state index contributed by atoms with van der Waals surface area (Å²) in [5, 5.41) is 0.740. The van der Waals surface area contributed by atoms with Crippen LogP contribution in [0.1, 0.15) is 45.6 Å². The number of aromatic nitrogens is 2. The van der Waals surface area contributed by atoms with Crippen LogP contribution in [0.4, 0.5) is 11.5 Å². The van der Waals surface area contributed by atoms with Gasteiger partial charge in [0.1, 0.15) is 5.82 Å². The lowest BCUT2D eigenvalue weighted by Gasteiger charge is -2.25. The number of aromatic amines is 1. The second kappa shape index (κ2) is 10.7. The number of carbonyl (C=O) groups excluding carboxylic acids is 1. The summed E-state index contributed by atoms with van der Waals surface area (Å²) in [7, 11) is 0. The fourth-order valence-corrected chi connectivity index (χ4v) is 3.60. The topological polar surface area (TPSA) is 101 Å². The minimum atomic E-state index is -0.687. The summed E-state index contributed by atoms with van der Waals surface area (Å²) < 4.78 is 1.30. The molecule has 0 aliphatic rings. The van der Waals surface area contributed by atoms with Gasteiger partial charge in [0.2, 0.25) is 5.91 Å². The average molecular weight is 455 g/mol. The number of hydrogen-bond acceptors (Lipinski definition) is 4. The standard InChI is InChI=1S/C21H28Cl2N4O3/c1-4-5-10-27-19(24)18(20(29)25-21(27)30)26(11-9-13(2)3)17(28)12-14-15(22)7-6-8-16(14)23/h6-8,13H,4-5,9-12,24H2,1-3H3,(H,25,29,30). The van der Waals surface area contributed by atoms with Gasteiger partial charge in [-0.3, -0.25) is 19.1 Å². The first-order valence-corrected chi connectivity index (χ1v) is 10.8. The number of halogens is 2. The molecule has 1 amide bonds. The second-order valence-corrected chi connectivity index (χ2v) is 8.42.